The van der Waals surface area contributed by atoms with E-state index < -0.39 is 0 Å². The predicted octanol–water partition coefficient (Wildman–Crippen LogP) is 1.48. The molecular formula is C9H17NO2. The van der Waals surface area contributed by atoms with Crippen molar-refractivity contribution in [2.45, 2.75) is 40.5 Å². The van der Waals surface area contributed by atoms with Crippen LogP contribution >= 0.6 is 0 Å². The highest BCUT2D eigenvalue weighted by atomic mass is 16.2. The van der Waals surface area contributed by atoms with Gasteiger partial charge in [-0.25, -0.2) is 0 Å². The van der Waals surface area contributed by atoms with Crippen LogP contribution in [0, 0.1) is 5.41 Å². The van der Waals surface area contributed by atoms with Gasteiger partial charge in [-0.1, -0.05) is 27.7 Å². The van der Waals surface area contributed by atoms with E-state index in [9.17, 15) is 9.59 Å². The van der Waals surface area contributed by atoms with Gasteiger partial charge in [-0.2, -0.15) is 0 Å². The molecule has 0 atom stereocenters. The monoisotopic (exact) mass is 171 g/mol. The van der Waals surface area contributed by atoms with Gasteiger partial charge < -0.3 is 0 Å². The van der Waals surface area contributed by atoms with E-state index in [1.165, 1.54) is 0 Å². The fourth-order valence-electron chi connectivity index (χ4n) is 0.508. The Bertz CT molecular complexity index is 159. The number of carbonyl (C=O) groups excluding carboxylic acids is 2. The molecule has 0 saturated carbocycles. The second-order valence-electron chi connectivity index (χ2n) is 4.47. The van der Waals surface area contributed by atoms with Gasteiger partial charge in [0.1, 0.15) is 0 Å². The Morgan fingerprint density at radius 1 is 1.00 bits per heavy atom. The SMILES string of the molecule is CC(C)(C)C.O=C1CCC(=O)N1. The molecule has 0 aromatic carbocycles. The number of imide groups is 1. The first-order valence-corrected chi connectivity index (χ1v) is 4.12. The van der Waals surface area contributed by atoms with Crippen LogP contribution in [0.3, 0.4) is 0 Å². The van der Waals surface area contributed by atoms with Crippen LogP contribution < -0.4 is 5.32 Å². The summed E-state index contributed by atoms with van der Waals surface area (Å²) in [4.78, 5) is 20.2. The van der Waals surface area contributed by atoms with Crippen LogP contribution in [0.1, 0.15) is 40.5 Å². The highest BCUT2D eigenvalue weighted by molar-refractivity contribution is 6.01. The van der Waals surface area contributed by atoms with Crippen LogP contribution in [0.15, 0.2) is 0 Å². The molecule has 3 nitrogen and oxygen atoms in total. The third kappa shape index (κ3) is 9.14. The van der Waals surface area contributed by atoms with E-state index in [0.29, 0.717) is 18.3 Å². The summed E-state index contributed by atoms with van der Waals surface area (Å²) >= 11 is 0. The molecule has 0 radical (unpaired) electrons. The van der Waals surface area contributed by atoms with Gasteiger partial charge >= 0.3 is 0 Å². The highest BCUT2D eigenvalue weighted by Crippen LogP contribution is 2.08. The average Bonchev–Trinajstić information content (AvgIpc) is 2.09. The molecule has 1 N–H and O–H groups in total. The van der Waals surface area contributed by atoms with Crippen molar-refractivity contribution < 1.29 is 9.59 Å². The lowest BCUT2D eigenvalue weighted by Crippen LogP contribution is -2.18. The lowest BCUT2D eigenvalue weighted by molar-refractivity contribution is -0.124. The summed E-state index contributed by atoms with van der Waals surface area (Å²) in [6.45, 7) is 8.75. The van der Waals surface area contributed by atoms with E-state index in [2.05, 4.69) is 33.0 Å². The van der Waals surface area contributed by atoms with Gasteiger partial charge in [0.2, 0.25) is 11.8 Å². The predicted molar refractivity (Wildman–Crippen MR) is 47.5 cm³/mol. The molecule has 3 heteroatoms. The van der Waals surface area contributed by atoms with Crippen molar-refractivity contribution in [1.29, 1.82) is 0 Å². The lowest BCUT2D eigenvalue weighted by atomic mass is 10.0. The maximum atomic E-state index is 10.1. The summed E-state index contributed by atoms with van der Waals surface area (Å²) in [5.41, 5.74) is 0.500. The van der Waals surface area contributed by atoms with Gasteiger partial charge in [-0.05, 0) is 5.41 Å². The van der Waals surface area contributed by atoms with Crippen molar-refractivity contribution in [1.82, 2.24) is 5.32 Å². The number of hydrogen-bond donors (Lipinski definition) is 1. The van der Waals surface area contributed by atoms with E-state index in [-0.39, 0.29) is 11.8 Å². The minimum absolute atomic E-state index is 0.148. The van der Waals surface area contributed by atoms with Crippen LogP contribution in [0.4, 0.5) is 0 Å². The maximum absolute atomic E-state index is 10.1. The highest BCUT2D eigenvalue weighted by Gasteiger charge is 2.15. The first-order chi connectivity index (χ1) is 5.29. The molecule has 0 unspecified atom stereocenters. The molecule has 12 heavy (non-hydrogen) atoms. The zero-order valence-corrected chi connectivity index (χ0v) is 8.23. The Morgan fingerprint density at radius 2 is 1.25 bits per heavy atom. The van der Waals surface area contributed by atoms with Gasteiger partial charge in [0.05, 0.1) is 0 Å². The zero-order chi connectivity index (χ0) is 9.78. The Hall–Kier alpha value is -0.860. The van der Waals surface area contributed by atoms with Crippen molar-refractivity contribution in [3.05, 3.63) is 0 Å². The fourth-order valence-corrected chi connectivity index (χ4v) is 0.508. The van der Waals surface area contributed by atoms with Crippen molar-refractivity contribution in [2.24, 2.45) is 5.41 Å². The lowest BCUT2D eigenvalue weighted by Gasteiger charge is -2.05. The molecule has 1 saturated heterocycles. The first-order valence-electron chi connectivity index (χ1n) is 4.12. The third-order valence-corrected chi connectivity index (χ3v) is 0.858. The van der Waals surface area contributed by atoms with E-state index in [1.807, 2.05) is 0 Å². The van der Waals surface area contributed by atoms with Crippen molar-refractivity contribution in [2.75, 3.05) is 0 Å². The van der Waals surface area contributed by atoms with Gasteiger partial charge in [0.25, 0.3) is 0 Å². The number of rotatable bonds is 0. The summed E-state index contributed by atoms with van der Waals surface area (Å²) in [7, 11) is 0. The van der Waals surface area contributed by atoms with Crippen LogP contribution in [-0.2, 0) is 9.59 Å². The molecule has 0 bridgehead atoms. The molecule has 0 spiro atoms. The molecule has 0 aromatic rings. The Morgan fingerprint density at radius 3 is 1.33 bits per heavy atom. The molecule has 1 aliphatic rings. The van der Waals surface area contributed by atoms with Gasteiger partial charge in [0, 0.05) is 12.8 Å². The van der Waals surface area contributed by atoms with Crippen molar-refractivity contribution >= 4 is 11.8 Å². The number of nitrogens with one attached hydrogen (secondary N) is 1. The van der Waals surface area contributed by atoms with Gasteiger partial charge in [0.15, 0.2) is 0 Å². The van der Waals surface area contributed by atoms with E-state index in [1.54, 1.807) is 0 Å². The smallest absolute Gasteiger partial charge is 0.227 e. The average molecular weight is 171 g/mol. The second kappa shape index (κ2) is 4.24. The summed E-state index contributed by atoms with van der Waals surface area (Å²) in [6, 6.07) is 0. The summed E-state index contributed by atoms with van der Waals surface area (Å²) in [5, 5.41) is 2.14. The standard InChI is InChI=1S/C5H12.C4H5NO2/c1-5(2,3)4;6-3-1-2-4(7)5-3/h1-4H3;1-2H2,(H,5,6,7). The first kappa shape index (κ1) is 11.1. The minimum Gasteiger partial charge on any atom is -0.296 e. The van der Waals surface area contributed by atoms with E-state index >= 15 is 0 Å². The van der Waals surface area contributed by atoms with Crippen LogP contribution in [0.2, 0.25) is 0 Å². The van der Waals surface area contributed by atoms with Gasteiger partial charge in [-0.15, -0.1) is 0 Å². The number of amides is 2. The van der Waals surface area contributed by atoms with Crippen LogP contribution in [0.5, 0.6) is 0 Å². The number of carbonyl (C=O) groups is 2. The quantitative estimate of drug-likeness (QED) is 0.561. The molecule has 2 amide bonds. The van der Waals surface area contributed by atoms with Crippen molar-refractivity contribution in [3.8, 4) is 0 Å². The van der Waals surface area contributed by atoms with Crippen molar-refractivity contribution in [3.63, 3.8) is 0 Å². The molecule has 1 aliphatic heterocycles. The Kier molecular flexibility index (Phi) is 3.93. The summed E-state index contributed by atoms with van der Waals surface area (Å²) in [6.07, 6.45) is 0.748. The topological polar surface area (TPSA) is 46.2 Å². The second-order valence-corrected chi connectivity index (χ2v) is 4.47. The fraction of sp³-hybridized carbons (Fsp3) is 0.778. The Balaban J connectivity index is 0.000000217. The largest absolute Gasteiger partial charge is 0.296 e. The third-order valence-electron chi connectivity index (χ3n) is 0.858. The molecule has 0 aromatic heterocycles. The zero-order valence-electron chi connectivity index (χ0n) is 8.23. The van der Waals surface area contributed by atoms with Gasteiger partial charge in [-0.3, -0.25) is 14.9 Å². The normalized spacial score (nSPS) is 16.7. The molecule has 70 valence electrons. The number of hydrogen-bond acceptors (Lipinski definition) is 2. The molecule has 1 heterocycles. The molecular weight excluding hydrogens is 154 g/mol. The molecule has 1 rings (SSSR count). The Labute approximate surface area is 73.5 Å². The van der Waals surface area contributed by atoms with E-state index in [4.69, 9.17) is 0 Å². The summed E-state index contributed by atoms with van der Waals surface area (Å²) in [5.74, 6) is -0.296. The molecule has 1 fully saturated rings. The maximum Gasteiger partial charge on any atom is 0.227 e. The summed E-state index contributed by atoms with van der Waals surface area (Å²) < 4.78 is 0. The molecule has 0 aliphatic carbocycles. The van der Waals surface area contributed by atoms with Crippen LogP contribution in [-0.4, -0.2) is 11.8 Å². The van der Waals surface area contributed by atoms with Crippen LogP contribution in [0.25, 0.3) is 0 Å². The minimum atomic E-state index is -0.148. The van der Waals surface area contributed by atoms with E-state index in [0.717, 1.165) is 0 Å².